The maximum Gasteiger partial charge on any atom is 0.0668 e. The van der Waals surface area contributed by atoms with E-state index in [2.05, 4.69) is 28.8 Å². The first-order valence-corrected chi connectivity index (χ1v) is 5.59. The van der Waals surface area contributed by atoms with Crippen molar-refractivity contribution < 1.29 is 4.74 Å². The van der Waals surface area contributed by atoms with E-state index >= 15 is 0 Å². The van der Waals surface area contributed by atoms with E-state index in [1.54, 1.807) is 0 Å². The number of hydrogen-bond acceptors (Lipinski definition) is 3. The molecule has 0 aromatic heterocycles. The Kier molecular flexibility index (Phi) is 3.69. The summed E-state index contributed by atoms with van der Waals surface area (Å²) < 4.78 is 5.37. The molecule has 2 heterocycles. The third kappa shape index (κ3) is 2.17. The third-order valence-electron chi connectivity index (χ3n) is 3.18. The molecule has 88 valence electrons. The van der Waals surface area contributed by atoms with Crippen molar-refractivity contribution in [2.24, 2.45) is 0 Å². The van der Waals surface area contributed by atoms with Crippen LogP contribution >= 0.6 is 12.4 Å². The molecule has 0 bridgehead atoms. The number of halogens is 1. The summed E-state index contributed by atoms with van der Waals surface area (Å²) in [5.41, 5.74) is 4.15. The first-order chi connectivity index (χ1) is 7.43. The normalized spacial score (nSPS) is 22.6. The van der Waals surface area contributed by atoms with Gasteiger partial charge in [0.25, 0.3) is 0 Å². The van der Waals surface area contributed by atoms with Crippen LogP contribution < -0.4 is 10.6 Å². The molecule has 16 heavy (non-hydrogen) atoms. The van der Waals surface area contributed by atoms with Crippen LogP contribution in [0.25, 0.3) is 0 Å². The molecule has 3 rings (SSSR count). The van der Waals surface area contributed by atoms with Gasteiger partial charge in [0, 0.05) is 25.4 Å². The first kappa shape index (κ1) is 11.7. The molecule has 1 unspecified atom stereocenters. The van der Waals surface area contributed by atoms with Gasteiger partial charge in [0.2, 0.25) is 0 Å². The summed E-state index contributed by atoms with van der Waals surface area (Å²) in [6.45, 7) is 3.74. The molecule has 1 atom stereocenters. The number of fused-ring (bicyclic) bond motifs is 1. The molecule has 2 aliphatic rings. The molecule has 3 nitrogen and oxygen atoms in total. The molecule has 2 N–H and O–H groups in total. The van der Waals surface area contributed by atoms with Gasteiger partial charge in [-0.25, -0.2) is 0 Å². The van der Waals surface area contributed by atoms with Crippen LogP contribution in [0.3, 0.4) is 0 Å². The fourth-order valence-electron chi connectivity index (χ4n) is 2.33. The van der Waals surface area contributed by atoms with Crippen LogP contribution in [-0.4, -0.2) is 19.3 Å². The highest BCUT2D eigenvalue weighted by atomic mass is 35.5. The standard InChI is InChI=1S/C12H16N2O.ClH/c1-2-9-6-13-7-11(9)12(3-1)14-10-4-5-15-8-10;/h1-3,10,13-14H,4-8H2;1H. The van der Waals surface area contributed by atoms with Crippen LogP contribution in [0.5, 0.6) is 0 Å². The Balaban J connectivity index is 0.000000963. The van der Waals surface area contributed by atoms with Crippen LogP contribution in [0.4, 0.5) is 5.69 Å². The summed E-state index contributed by atoms with van der Waals surface area (Å²) in [5.74, 6) is 0. The Morgan fingerprint density at radius 1 is 1.31 bits per heavy atom. The molecule has 2 aliphatic heterocycles. The number of nitrogens with one attached hydrogen (secondary N) is 2. The van der Waals surface area contributed by atoms with E-state index in [0.717, 1.165) is 32.7 Å². The van der Waals surface area contributed by atoms with Gasteiger partial charge < -0.3 is 15.4 Å². The smallest absolute Gasteiger partial charge is 0.0668 e. The van der Waals surface area contributed by atoms with Crippen molar-refractivity contribution in [2.75, 3.05) is 18.5 Å². The first-order valence-electron chi connectivity index (χ1n) is 5.59. The van der Waals surface area contributed by atoms with E-state index in [0.29, 0.717) is 6.04 Å². The molecule has 1 saturated heterocycles. The zero-order chi connectivity index (χ0) is 10.1. The van der Waals surface area contributed by atoms with Crippen LogP contribution in [0.15, 0.2) is 18.2 Å². The Bertz CT molecular complexity index is 364. The van der Waals surface area contributed by atoms with Gasteiger partial charge in [-0.05, 0) is 23.6 Å². The SMILES string of the molecule is Cl.c1cc2c(c(NC3CCOC3)c1)CNC2. The lowest BCUT2D eigenvalue weighted by Gasteiger charge is -2.15. The highest BCUT2D eigenvalue weighted by Crippen LogP contribution is 2.25. The van der Waals surface area contributed by atoms with E-state index < -0.39 is 0 Å². The average Bonchev–Trinajstić information content (AvgIpc) is 2.87. The van der Waals surface area contributed by atoms with Crippen molar-refractivity contribution in [1.29, 1.82) is 0 Å². The second-order valence-corrected chi connectivity index (χ2v) is 4.25. The van der Waals surface area contributed by atoms with Crippen molar-refractivity contribution in [1.82, 2.24) is 5.32 Å². The molecule has 4 heteroatoms. The number of rotatable bonds is 2. The lowest BCUT2D eigenvalue weighted by atomic mass is 10.1. The number of anilines is 1. The zero-order valence-electron chi connectivity index (χ0n) is 9.16. The summed E-state index contributed by atoms with van der Waals surface area (Å²) in [4.78, 5) is 0. The monoisotopic (exact) mass is 240 g/mol. The Hall–Kier alpha value is -0.770. The maximum atomic E-state index is 5.37. The maximum absolute atomic E-state index is 5.37. The molecule has 0 aliphatic carbocycles. The van der Waals surface area contributed by atoms with Gasteiger partial charge in [-0.15, -0.1) is 12.4 Å². The van der Waals surface area contributed by atoms with Gasteiger partial charge in [0.15, 0.2) is 0 Å². The van der Waals surface area contributed by atoms with Crippen LogP contribution in [0, 0.1) is 0 Å². The predicted molar refractivity (Wildman–Crippen MR) is 67.1 cm³/mol. The number of ether oxygens (including phenoxy) is 1. The zero-order valence-corrected chi connectivity index (χ0v) is 9.98. The van der Waals surface area contributed by atoms with E-state index in [1.165, 1.54) is 16.8 Å². The fourth-order valence-corrected chi connectivity index (χ4v) is 2.33. The van der Waals surface area contributed by atoms with Crippen molar-refractivity contribution >= 4 is 18.1 Å². The molecule has 0 radical (unpaired) electrons. The second-order valence-electron chi connectivity index (χ2n) is 4.25. The van der Waals surface area contributed by atoms with Gasteiger partial charge >= 0.3 is 0 Å². The predicted octanol–water partition coefficient (Wildman–Crippen LogP) is 1.91. The molecular formula is C12H17ClN2O. The minimum atomic E-state index is 0. The quantitative estimate of drug-likeness (QED) is 0.829. The minimum Gasteiger partial charge on any atom is -0.380 e. The number of hydrogen-bond donors (Lipinski definition) is 2. The van der Waals surface area contributed by atoms with Crippen molar-refractivity contribution in [3.63, 3.8) is 0 Å². The Morgan fingerprint density at radius 3 is 3.06 bits per heavy atom. The van der Waals surface area contributed by atoms with Gasteiger partial charge in [0.1, 0.15) is 0 Å². The third-order valence-corrected chi connectivity index (χ3v) is 3.18. The van der Waals surface area contributed by atoms with Gasteiger partial charge in [0.05, 0.1) is 12.6 Å². The molecule has 0 amide bonds. The molecule has 0 spiro atoms. The Morgan fingerprint density at radius 2 is 2.25 bits per heavy atom. The summed E-state index contributed by atoms with van der Waals surface area (Å²) in [6, 6.07) is 7.00. The molecular weight excluding hydrogens is 224 g/mol. The van der Waals surface area contributed by atoms with Crippen molar-refractivity contribution in [3.05, 3.63) is 29.3 Å². The summed E-state index contributed by atoms with van der Waals surface area (Å²) in [5, 5.41) is 6.96. The van der Waals surface area contributed by atoms with E-state index in [-0.39, 0.29) is 12.4 Å². The highest BCUT2D eigenvalue weighted by Gasteiger charge is 2.19. The summed E-state index contributed by atoms with van der Waals surface area (Å²) in [6.07, 6.45) is 1.12. The van der Waals surface area contributed by atoms with Crippen molar-refractivity contribution in [2.45, 2.75) is 25.6 Å². The van der Waals surface area contributed by atoms with E-state index in [4.69, 9.17) is 4.74 Å². The van der Waals surface area contributed by atoms with Crippen LogP contribution in [0.2, 0.25) is 0 Å². The van der Waals surface area contributed by atoms with Crippen molar-refractivity contribution in [3.8, 4) is 0 Å². The molecule has 1 aromatic rings. The fraction of sp³-hybridized carbons (Fsp3) is 0.500. The van der Waals surface area contributed by atoms with E-state index in [9.17, 15) is 0 Å². The van der Waals surface area contributed by atoms with Crippen LogP contribution in [-0.2, 0) is 17.8 Å². The average molecular weight is 241 g/mol. The topological polar surface area (TPSA) is 33.3 Å². The minimum absolute atomic E-state index is 0. The molecule has 0 saturated carbocycles. The largest absolute Gasteiger partial charge is 0.380 e. The summed E-state index contributed by atoms with van der Waals surface area (Å²) >= 11 is 0. The lowest BCUT2D eigenvalue weighted by molar-refractivity contribution is 0.195. The van der Waals surface area contributed by atoms with Crippen LogP contribution in [0.1, 0.15) is 17.5 Å². The number of benzene rings is 1. The Labute approximate surface area is 102 Å². The molecule has 1 aromatic carbocycles. The lowest BCUT2D eigenvalue weighted by Crippen LogP contribution is -2.19. The summed E-state index contributed by atoms with van der Waals surface area (Å²) in [7, 11) is 0. The van der Waals surface area contributed by atoms with Gasteiger partial charge in [-0.1, -0.05) is 12.1 Å². The van der Waals surface area contributed by atoms with E-state index in [1.807, 2.05) is 0 Å². The second kappa shape index (κ2) is 5.04. The van der Waals surface area contributed by atoms with Gasteiger partial charge in [-0.3, -0.25) is 0 Å². The molecule has 1 fully saturated rings. The highest BCUT2D eigenvalue weighted by molar-refractivity contribution is 5.85. The van der Waals surface area contributed by atoms with Gasteiger partial charge in [-0.2, -0.15) is 0 Å².